The lowest BCUT2D eigenvalue weighted by Gasteiger charge is -2.28. The van der Waals surface area contributed by atoms with E-state index in [1.54, 1.807) is 0 Å². The van der Waals surface area contributed by atoms with E-state index in [9.17, 15) is 0 Å². The highest BCUT2D eigenvalue weighted by molar-refractivity contribution is 6.32. The van der Waals surface area contributed by atoms with Crippen molar-refractivity contribution < 1.29 is 9.47 Å². The molecule has 110 valence electrons. The number of ether oxygens (including phenoxy) is 2. The van der Waals surface area contributed by atoms with Gasteiger partial charge < -0.3 is 14.8 Å². The Kier molecular flexibility index (Phi) is 3.93. The zero-order chi connectivity index (χ0) is 14.8. The van der Waals surface area contributed by atoms with Gasteiger partial charge in [-0.2, -0.15) is 0 Å². The van der Waals surface area contributed by atoms with E-state index in [1.807, 2.05) is 37.3 Å². The van der Waals surface area contributed by atoms with Crippen molar-refractivity contribution in [3.63, 3.8) is 0 Å². The number of anilines is 1. The van der Waals surface area contributed by atoms with E-state index in [0.717, 1.165) is 22.7 Å². The van der Waals surface area contributed by atoms with Crippen LogP contribution in [0.25, 0.3) is 0 Å². The quantitative estimate of drug-likeness (QED) is 0.899. The van der Waals surface area contributed by atoms with Crippen LogP contribution in [0.4, 0.5) is 5.69 Å². The number of benzene rings is 2. The maximum atomic E-state index is 6.25. The van der Waals surface area contributed by atoms with Gasteiger partial charge in [-0.1, -0.05) is 23.7 Å². The third kappa shape index (κ3) is 2.93. The minimum absolute atomic E-state index is 0.0911. The maximum absolute atomic E-state index is 6.25. The molecule has 0 radical (unpaired) electrons. The van der Waals surface area contributed by atoms with Crippen LogP contribution in [0.1, 0.15) is 24.1 Å². The Morgan fingerprint density at radius 1 is 1.29 bits per heavy atom. The fourth-order valence-electron chi connectivity index (χ4n) is 2.46. The lowest BCUT2D eigenvalue weighted by atomic mass is 10.0. The van der Waals surface area contributed by atoms with Gasteiger partial charge in [0.25, 0.3) is 0 Å². The summed E-state index contributed by atoms with van der Waals surface area (Å²) in [5, 5.41) is 4.13. The smallest absolute Gasteiger partial charge is 0.142 e. The molecule has 1 aliphatic rings. The van der Waals surface area contributed by atoms with Gasteiger partial charge in [0.15, 0.2) is 0 Å². The highest BCUT2D eigenvalue weighted by Crippen LogP contribution is 2.36. The van der Waals surface area contributed by atoms with Gasteiger partial charge in [0, 0.05) is 0 Å². The second-order valence-electron chi connectivity index (χ2n) is 5.13. The molecule has 4 heteroatoms. The highest BCUT2D eigenvalue weighted by Gasteiger charge is 2.21. The normalized spacial score (nSPS) is 16.6. The van der Waals surface area contributed by atoms with Crippen molar-refractivity contribution in [3.8, 4) is 11.5 Å². The largest absolute Gasteiger partial charge is 0.492 e. The van der Waals surface area contributed by atoms with Crippen molar-refractivity contribution >= 4 is 17.3 Å². The summed E-state index contributed by atoms with van der Waals surface area (Å²) in [7, 11) is 0. The van der Waals surface area contributed by atoms with Crippen LogP contribution in [0.15, 0.2) is 36.4 Å². The molecule has 3 rings (SSSR count). The number of hydrogen-bond acceptors (Lipinski definition) is 3. The first-order valence-corrected chi connectivity index (χ1v) is 7.47. The highest BCUT2D eigenvalue weighted by atomic mass is 35.5. The summed E-state index contributed by atoms with van der Waals surface area (Å²) in [6.45, 7) is 5.19. The monoisotopic (exact) mass is 303 g/mol. The molecule has 0 bridgehead atoms. The predicted octanol–water partition coefficient (Wildman–Crippen LogP) is 4.59. The number of nitrogens with one attached hydrogen (secondary N) is 1. The van der Waals surface area contributed by atoms with Gasteiger partial charge in [-0.25, -0.2) is 0 Å². The molecule has 0 spiro atoms. The van der Waals surface area contributed by atoms with Crippen LogP contribution in [-0.4, -0.2) is 13.2 Å². The van der Waals surface area contributed by atoms with Crippen molar-refractivity contribution in [3.05, 3.63) is 52.5 Å². The summed E-state index contributed by atoms with van der Waals surface area (Å²) in [6, 6.07) is 12.1. The molecule has 0 saturated heterocycles. The van der Waals surface area contributed by atoms with Crippen molar-refractivity contribution in [2.75, 3.05) is 18.5 Å². The van der Waals surface area contributed by atoms with Crippen LogP contribution >= 0.6 is 11.6 Å². The molecule has 1 unspecified atom stereocenters. The van der Waals surface area contributed by atoms with E-state index < -0.39 is 0 Å². The molecule has 0 amide bonds. The second-order valence-corrected chi connectivity index (χ2v) is 5.54. The van der Waals surface area contributed by atoms with Crippen LogP contribution in [0.2, 0.25) is 5.02 Å². The fraction of sp³-hybridized carbons (Fsp3) is 0.294. The number of halogens is 1. The molecule has 2 aromatic rings. The van der Waals surface area contributed by atoms with Gasteiger partial charge in [-0.15, -0.1) is 0 Å². The molecule has 0 aromatic heterocycles. The van der Waals surface area contributed by atoms with Crippen LogP contribution < -0.4 is 14.8 Å². The number of rotatable bonds is 3. The minimum atomic E-state index is 0.0911. The van der Waals surface area contributed by atoms with Crippen LogP contribution in [0.5, 0.6) is 11.5 Å². The molecule has 1 aliphatic heterocycles. The van der Waals surface area contributed by atoms with E-state index in [4.69, 9.17) is 21.1 Å². The first kappa shape index (κ1) is 14.1. The number of hydrogen-bond donors (Lipinski definition) is 1. The molecule has 21 heavy (non-hydrogen) atoms. The Labute approximate surface area is 129 Å². The summed E-state index contributed by atoms with van der Waals surface area (Å²) in [4.78, 5) is 0. The Morgan fingerprint density at radius 3 is 2.90 bits per heavy atom. The van der Waals surface area contributed by atoms with Crippen LogP contribution in [-0.2, 0) is 0 Å². The van der Waals surface area contributed by atoms with Crippen molar-refractivity contribution in [2.24, 2.45) is 0 Å². The summed E-state index contributed by atoms with van der Waals surface area (Å²) in [5.74, 6) is 1.62. The molecule has 1 atom stereocenters. The summed E-state index contributed by atoms with van der Waals surface area (Å²) in [6.07, 6.45) is 0. The first-order valence-electron chi connectivity index (χ1n) is 7.09. The van der Waals surface area contributed by atoms with Crippen molar-refractivity contribution in [1.29, 1.82) is 0 Å². The fourth-order valence-corrected chi connectivity index (χ4v) is 2.70. The standard InChI is InChI=1S/C17H18ClNO2/c1-3-20-16-7-5-12(9-13(16)18)15-10-21-17-8-11(2)4-6-14(17)19-15/h4-9,15,19H,3,10H2,1-2H3. The Bertz CT molecular complexity index is 657. The summed E-state index contributed by atoms with van der Waals surface area (Å²) in [5.41, 5.74) is 3.30. The average Bonchev–Trinajstić information content (AvgIpc) is 2.49. The first-order chi connectivity index (χ1) is 10.2. The molecule has 2 aromatic carbocycles. The molecule has 1 heterocycles. The van der Waals surface area contributed by atoms with E-state index in [1.165, 1.54) is 5.56 Å². The third-order valence-electron chi connectivity index (χ3n) is 3.53. The van der Waals surface area contributed by atoms with Gasteiger partial charge in [0.05, 0.1) is 23.4 Å². The molecule has 1 N–H and O–H groups in total. The predicted molar refractivity (Wildman–Crippen MR) is 85.7 cm³/mol. The van der Waals surface area contributed by atoms with Gasteiger partial charge in [-0.3, -0.25) is 0 Å². The molecular formula is C17H18ClNO2. The zero-order valence-corrected chi connectivity index (χ0v) is 12.9. The lowest BCUT2D eigenvalue weighted by Crippen LogP contribution is -2.23. The molecule has 0 saturated carbocycles. The van der Waals surface area contributed by atoms with E-state index in [-0.39, 0.29) is 6.04 Å². The molecular weight excluding hydrogens is 286 g/mol. The number of aryl methyl sites for hydroxylation is 1. The van der Waals surface area contributed by atoms with E-state index >= 15 is 0 Å². The second kappa shape index (κ2) is 5.86. The SMILES string of the molecule is CCOc1ccc(C2COc3cc(C)ccc3N2)cc1Cl. The lowest BCUT2D eigenvalue weighted by molar-refractivity contribution is 0.286. The molecule has 0 aliphatic carbocycles. The van der Waals surface area contributed by atoms with E-state index in [2.05, 4.69) is 18.3 Å². The molecule has 0 fully saturated rings. The van der Waals surface area contributed by atoms with Crippen LogP contribution in [0, 0.1) is 6.92 Å². The van der Waals surface area contributed by atoms with E-state index in [0.29, 0.717) is 18.2 Å². The Morgan fingerprint density at radius 2 is 2.14 bits per heavy atom. The Hall–Kier alpha value is -1.87. The average molecular weight is 304 g/mol. The van der Waals surface area contributed by atoms with Crippen molar-refractivity contribution in [2.45, 2.75) is 19.9 Å². The topological polar surface area (TPSA) is 30.5 Å². The van der Waals surface area contributed by atoms with Gasteiger partial charge in [0.2, 0.25) is 0 Å². The zero-order valence-electron chi connectivity index (χ0n) is 12.2. The van der Waals surface area contributed by atoms with Gasteiger partial charge in [0.1, 0.15) is 18.1 Å². The van der Waals surface area contributed by atoms with Gasteiger partial charge >= 0.3 is 0 Å². The van der Waals surface area contributed by atoms with Crippen LogP contribution in [0.3, 0.4) is 0 Å². The van der Waals surface area contributed by atoms with Crippen molar-refractivity contribution in [1.82, 2.24) is 0 Å². The maximum Gasteiger partial charge on any atom is 0.142 e. The minimum Gasteiger partial charge on any atom is -0.492 e. The summed E-state index contributed by atoms with van der Waals surface area (Å²) < 4.78 is 11.3. The summed E-state index contributed by atoms with van der Waals surface area (Å²) >= 11 is 6.25. The third-order valence-corrected chi connectivity index (χ3v) is 3.83. The Balaban J connectivity index is 1.82. The number of fused-ring (bicyclic) bond motifs is 1. The molecule has 3 nitrogen and oxygen atoms in total. The van der Waals surface area contributed by atoms with Gasteiger partial charge in [-0.05, 0) is 49.2 Å².